The Kier molecular flexibility index (Phi) is 1.67. The molecule has 1 aliphatic rings. The summed E-state index contributed by atoms with van der Waals surface area (Å²) in [7, 11) is 0. The molecule has 0 saturated carbocycles. The Morgan fingerprint density at radius 3 is 2.80 bits per heavy atom. The molecular formula is C10H7ClN2O2. The van der Waals surface area contributed by atoms with E-state index in [9.17, 15) is 0 Å². The molecule has 0 unspecified atom stereocenters. The number of aromatic nitrogens is 1. The molecule has 2 N–H and O–H groups in total. The van der Waals surface area contributed by atoms with E-state index in [1.165, 1.54) is 6.20 Å². The lowest BCUT2D eigenvalue weighted by atomic mass is 10.2. The molecule has 0 aliphatic carbocycles. The minimum absolute atomic E-state index is 0.235. The van der Waals surface area contributed by atoms with Crippen molar-refractivity contribution >= 4 is 28.2 Å². The number of anilines is 1. The number of rotatable bonds is 0. The van der Waals surface area contributed by atoms with Crippen LogP contribution in [0.1, 0.15) is 0 Å². The van der Waals surface area contributed by atoms with E-state index in [0.717, 1.165) is 10.9 Å². The molecule has 0 atom stereocenters. The number of fused-ring (bicyclic) bond motifs is 2. The van der Waals surface area contributed by atoms with Crippen molar-refractivity contribution in [3.05, 3.63) is 23.4 Å². The first kappa shape index (κ1) is 8.61. The molecule has 0 radical (unpaired) electrons. The van der Waals surface area contributed by atoms with Gasteiger partial charge in [0.1, 0.15) is 0 Å². The molecule has 2 aromatic rings. The normalized spacial score (nSPS) is 13.4. The summed E-state index contributed by atoms with van der Waals surface area (Å²) in [6, 6.07) is 3.59. The number of nitrogens with zero attached hydrogens (tertiary/aromatic N) is 1. The van der Waals surface area contributed by atoms with Crippen LogP contribution in [0.5, 0.6) is 11.5 Å². The van der Waals surface area contributed by atoms with E-state index in [0.29, 0.717) is 22.2 Å². The summed E-state index contributed by atoms with van der Waals surface area (Å²) in [5.74, 6) is 1.37. The summed E-state index contributed by atoms with van der Waals surface area (Å²) >= 11 is 6.07. The van der Waals surface area contributed by atoms with Crippen LogP contribution in [0.2, 0.25) is 5.02 Å². The first-order valence-corrected chi connectivity index (χ1v) is 4.77. The Balaban J connectivity index is 2.38. The number of halogens is 1. The Labute approximate surface area is 90.6 Å². The molecule has 0 amide bonds. The highest BCUT2D eigenvalue weighted by Gasteiger charge is 2.16. The minimum atomic E-state index is 0.235. The zero-order chi connectivity index (χ0) is 10.4. The molecular weight excluding hydrogens is 216 g/mol. The number of pyridine rings is 1. The maximum absolute atomic E-state index is 6.07. The number of benzene rings is 1. The van der Waals surface area contributed by atoms with Crippen LogP contribution in [0.4, 0.5) is 5.69 Å². The summed E-state index contributed by atoms with van der Waals surface area (Å²) < 4.78 is 10.5. The number of ether oxygens (including phenoxy) is 2. The van der Waals surface area contributed by atoms with Crippen LogP contribution in [0.15, 0.2) is 18.3 Å². The molecule has 5 heteroatoms. The molecule has 1 aromatic carbocycles. The molecule has 76 valence electrons. The molecule has 4 nitrogen and oxygen atoms in total. The van der Waals surface area contributed by atoms with Gasteiger partial charge in [-0.3, -0.25) is 4.98 Å². The lowest BCUT2D eigenvalue weighted by Crippen LogP contribution is -1.92. The van der Waals surface area contributed by atoms with Crippen molar-refractivity contribution in [1.82, 2.24) is 4.98 Å². The average Bonchev–Trinajstić information content (AvgIpc) is 2.68. The summed E-state index contributed by atoms with van der Waals surface area (Å²) in [6.45, 7) is 0.235. The van der Waals surface area contributed by atoms with Crippen LogP contribution in [-0.4, -0.2) is 11.8 Å². The Morgan fingerprint density at radius 1 is 1.27 bits per heavy atom. The van der Waals surface area contributed by atoms with Gasteiger partial charge >= 0.3 is 0 Å². The molecule has 15 heavy (non-hydrogen) atoms. The van der Waals surface area contributed by atoms with Gasteiger partial charge in [-0.2, -0.15) is 0 Å². The van der Waals surface area contributed by atoms with Gasteiger partial charge in [0.15, 0.2) is 11.5 Å². The third-order valence-corrected chi connectivity index (χ3v) is 2.75. The first-order chi connectivity index (χ1) is 7.25. The molecule has 0 bridgehead atoms. The predicted octanol–water partition coefficient (Wildman–Crippen LogP) is 2.20. The van der Waals surface area contributed by atoms with Crippen molar-refractivity contribution in [1.29, 1.82) is 0 Å². The van der Waals surface area contributed by atoms with E-state index in [1.807, 2.05) is 0 Å². The highest BCUT2D eigenvalue weighted by Crippen LogP contribution is 2.38. The van der Waals surface area contributed by atoms with Crippen molar-refractivity contribution in [2.75, 3.05) is 12.5 Å². The number of hydrogen-bond donors (Lipinski definition) is 1. The second-order valence-corrected chi connectivity index (χ2v) is 3.63. The van der Waals surface area contributed by atoms with Gasteiger partial charge in [0.25, 0.3) is 0 Å². The zero-order valence-corrected chi connectivity index (χ0v) is 8.41. The quantitative estimate of drug-likeness (QED) is 0.743. The van der Waals surface area contributed by atoms with Gasteiger partial charge in [-0.1, -0.05) is 11.6 Å². The predicted molar refractivity (Wildman–Crippen MR) is 57.3 cm³/mol. The third kappa shape index (κ3) is 1.18. The Bertz CT molecular complexity index is 557. The number of hydrogen-bond acceptors (Lipinski definition) is 4. The van der Waals surface area contributed by atoms with Crippen LogP contribution in [0.25, 0.3) is 10.9 Å². The van der Waals surface area contributed by atoms with Crippen molar-refractivity contribution in [2.45, 2.75) is 0 Å². The van der Waals surface area contributed by atoms with Crippen LogP contribution in [-0.2, 0) is 0 Å². The standard InChI is InChI=1S/C10H7ClN2O2/c11-10-5-1-8-9(15-4-14-8)2-7(5)13-3-6(10)12/h1-3H,4,12H2. The molecule has 0 spiro atoms. The molecule has 1 aliphatic heterocycles. The lowest BCUT2D eigenvalue weighted by Gasteiger charge is -2.04. The van der Waals surface area contributed by atoms with E-state index in [1.54, 1.807) is 12.1 Å². The van der Waals surface area contributed by atoms with Gasteiger partial charge in [-0.25, -0.2) is 0 Å². The molecule has 2 heterocycles. The second kappa shape index (κ2) is 2.90. The smallest absolute Gasteiger partial charge is 0.231 e. The van der Waals surface area contributed by atoms with Crippen molar-refractivity contribution in [3.63, 3.8) is 0 Å². The Hall–Kier alpha value is -1.68. The topological polar surface area (TPSA) is 57.4 Å². The zero-order valence-electron chi connectivity index (χ0n) is 7.66. The van der Waals surface area contributed by atoms with E-state index in [4.69, 9.17) is 26.8 Å². The van der Waals surface area contributed by atoms with Crippen molar-refractivity contribution < 1.29 is 9.47 Å². The van der Waals surface area contributed by atoms with Gasteiger partial charge < -0.3 is 15.2 Å². The van der Waals surface area contributed by atoms with Crippen LogP contribution >= 0.6 is 11.6 Å². The van der Waals surface area contributed by atoms with E-state index in [2.05, 4.69) is 4.98 Å². The lowest BCUT2D eigenvalue weighted by molar-refractivity contribution is 0.174. The van der Waals surface area contributed by atoms with Gasteiger partial charge in [0.2, 0.25) is 6.79 Å². The average molecular weight is 223 g/mol. The Morgan fingerprint density at radius 2 is 2.00 bits per heavy atom. The van der Waals surface area contributed by atoms with Crippen molar-refractivity contribution in [3.8, 4) is 11.5 Å². The van der Waals surface area contributed by atoms with Gasteiger partial charge in [0, 0.05) is 11.5 Å². The summed E-state index contributed by atoms with van der Waals surface area (Å²) in [5.41, 5.74) is 6.87. The monoisotopic (exact) mass is 222 g/mol. The van der Waals surface area contributed by atoms with Crippen LogP contribution in [0.3, 0.4) is 0 Å². The summed E-state index contributed by atoms with van der Waals surface area (Å²) in [4.78, 5) is 4.17. The van der Waals surface area contributed by atoms with Crippen LogP contribution in [0, 0.1) is 0 Å². The first-order valence-electron chi connectivity index (χ1n) is 4.39. The van der Waals surface area contributed by atoms with E-state index >= 15 is 0 Å². The highest BCUT2D eigenvalue weighted by atomic mass is 35.5. The largest absolute Gasteiger partial charge is 0.454 e. The van der Waals surface area contributed by atoms with Gasteiger partial charge in [0.05, 0.1) is 22.4 Å². The van der Waals surface area contributed by atoms with Gasteiger partial charge in [-0.05, 0) is 6.07 Å². The SMILES string of the molecule is Nc1cnc2cc3c(cc2c1Cl)OCO3. The maximum Gasteiger partial charge on any atom is 0.231 e. The fourth-order valence-corrected chi connectivity index (χ4v) is 1.77. The summed E-state index contributed by atoms with van der Waals surface area (Å²) in [6.07, 6.45) is 1.53. The fraction of sp³-hybridized carbons (Fsp3) is 0.100. The highest BCUT2D eigenvalue weighted by molar-refractivity contribution is 6.37. The second-order valence-electron chi connectivity index (χ2n) is 3.25. The van der Waals surface area contributed by atoms with Gasteiger partial charge in [-0.15, -0.1) is 0 Å². The number of nitrogen functional groups attached to an aromatic ring is 1. The maximum atomic E-state index is 6.07. The fourth-order valence-electron chi connectivity index (χ4n) is 1.57. The third-order valence-electron chi connectivity index (χ3n) is 2.32. The van der Waals surface area contributed by atoms with E-state index < -0.39 is 0 Å². The molecule has 1 aromatic heterocycles. The number of nitrogens with two attached hydrogens (primary N) is 1. The molecule has 0 saturated heterocycles. The van der Waals surface area contributed by atoms with Crippen molar-refractivity contribution in [2.24, 2.45) is 0 Å². The minimum Gasteiger partial charge on any atom is -0.454 e. The van der Waals surface area contributed by atoms with Crippen LogP contribution < -0.4 is 15.2 Å². The van der Waals surface area contributed by atoms with E-state index in [-0.39, 0.29) is 6.79 Å². The summed E-state index contributed by atoms with van der Waals surface area (Å²) in [5, 5.41) is 1.28. The molecule has 0 fully saturated rings. The molecule has 3 rings (SSSR count).